The van der Waals surface area contributed by atoms with Crippen LogP contribution in [-0.2, 0) is 4.79 Å². The van der Waals surface area contributed by atoms with Gasteiger partial charge < -0.3 is 16.6 Å². The summed E-state index contributed by atoms with van der Waals surface area (Å²) in [5.41, 5.74) is 13.6. The van der Waals surface area contributed by atoms with Gasteiger partial charge in [0.05, 0.1) is 6.04 Å². The second-order valence-corrected chi connectivity index (χ2v) is 5.05. The highest BCUT2D eigenvalue weighted by molar-refractivity contribution is 5.95. The van der Waals surface area contributed by atoms with Crippen molar-refractivity contribution < 1.29 is 9.90 Å². The van der Waals surface area contributed by atoms with E-state index in [4.69, 9.17) is 11.5 Å². The van der Waals surface area contributed by atoms with Crippen LogP contribution in [0.25, 0.3) is 5.57 Å². The molecule has 2 atom stereocenters. The van der Waals surface area contributed by atoms with Gasteiger partial charge in [0.2, 0.25) is 0 Å². The molecule has 0 aliphatic heterocycles. The lowest BCUT2D eigenvalue weighted by Crippen LogP contribution is -2.50. The zero-order chi connectivity index (χ0) is 14.2. The molecule has 4 nitrogen and oxygen atoms in total. The van der Waals surface area contributed by atoms with Crippen LogP contribution < -0.4 is 11.5 Å². The number of aliphatic carboxylic acids is 1. The van der Waals surface area contributed by atoms with Crippen LogP contribution >= 0.6 is 0 Å². The number of carbonyl (C=O) groups is 1. The molecule has 2 rings (SSSR count). The SMILES string of the molecule is Cc1ccccc1C1=CC=C(N)C(N)C1(C)C(=O)O. The smallest absolute Gasteiger partial charge is 0.315 e. The van der Waals surface area contributed by atoms with Crippen LogP contribution in [0.15, 0.2) is 42.1 Å². The van der Waals surface area contributed by atoms with Crippen molar-refractivity contribution >= 4 is 11.5 Å². The number of hydrogen-bond acceptors (Lipinski definition) is 3. The first-order valence-electron chi connectivity index (χ1n) is 6.12. The van der Waals surface area contributed by atoms with Gasteiger partial charge in [-0.3, -0.25) is 4.79 Å². The first-order chi connectivity index (χ1) is 8.89. The third-order valence-corrected chi connectivity index (χ3v) is 3.86. The number of carboxylic acid groups (broad SMARTS) is 1. The number of rotatable bonds is 2. The van der Waals surface area contributed by atoms with Gasteiger partial charge in [-0.05, 0) is 36.6 Å². The van der Waals surface area contributed by atoms with Crippen molar-refractivity contribution in [1.29, 1.82) is 0 Å². The van der Waals surface area contributed by atoms with Crippen LogP contribution in [0, 0.1) is 12.3 Å². The fraction of sp³-hybridized carbons (Fsp3) is 0.267. The summed E-state index contributed by atoms with van der Waals surface area (Å²) in [7, 11) is 0. The Bertz CT molecular complexity index is 590. The molecule has 0 aromatic heterocycles. The second-order valence-electron chi connectivity index (χ2n) is 5.05. The second kappa shape index (κ2) is 4.55. The van der Waals surface area contributed by atoms with Crippen molar-refractivity contribution in [3.63, 3.8) is 0 Å². The van der Waals surface area contributed by atoms with Crippen LogP contribution in [-0.4, -0.2) is 17.1 Å². The molecule has 4 heteroatoms. The van der Waals surface area contributed by atoms with E-state index in [0.29, 0.717) is 11.3 Å². The third kappa shape index (κ3) is 1.94. The first-order valence-corrected chi connectivity index (χ1v) is 6.12. The maximum atomic E-state index is 11.7. The van der Waals surface area contributed by atoms with Gasteiger partial charge >= 0.3 is 5.97 Å². The maximum absolute atomic E-state index is 11.7. The molecule has 0 bridgehead atoms. The lowest BCUT2D eigenvalue weighted by atomic mass is 9.69. The molecule has 0 amide bonds. The zero-order valence-electron chi connectivity index (χ0n) is 11.1. The molecule has 1 aromatic rings. The van der Waals surface area contributed by atoms with Gasteiger partial charge in [-0.25, -0.2) is 0 Å². The average Bonchev–Trinajstić information content (AvgIpc) is 2.37. The quantitative estimate of drug-likeness (QED) is 0.752. The van der Waals surface area contributed by atoms with Gasteiger partial charge in [-0.1, -0.05) is 30.3 Å². The van der Waals surface area contributed by atoms with Crippen LogP contribution in [0.5, 0.6) is 0 Å². The molecule has 0 radical (unpaired) electrons. The van der Waals surface area contributed by atoms with E-state index in [1.54, 1.807) is 19.1 Å². The fourth-order valence-corrected chi connectivity index (χ4v) is 2.45. The molecule has 100 valence electrons. The fourth-order valence-electron chi connectivity index (χ4n) is 2.45. The summed E-state index contributed by atoms with van der Waals surface area (Å²) in [5, 5.41) is 9.60. The lowest BCUT2D eigenvalue weighted by Gasteiger charge is -2.37. The molecule has 0 saturated carbocycles. The number of nitrogens with two attached hydrogens (primary N) is 2. The van der Waals surface area contributed by atoms with Gasteiger partial charge in [0, 0.05) is 5.70 Å². The molecular weight excluding hydrogens is 240 g/mol. The highest BCUT2D eigenvalue weighted by atomic mass is 16.4. The molecule has 0 heterocycles. The van der Waals surface area contributed by atoms with Gasteiger partial charge in [0.15, 0.2) is 0 Å². The molecular formula is C15H18N2O2. The highest BCUT2D eigenvalue weighted by Gasteiger charge is 2.46. The highest BCUT2D eigenvalue weighted by Crippen LogP contribution is 2.42. The minimum atomic E-state index is -1.22. The van der Waals surface area contributed by atoms with E-state index in [1.165, 1.54) is 0 Å². The van der Waals surface area contributed by atoms with Crippen LogP contribution in [0.2, 0.25) is 0 Å². The topological polar surface area (TPSA) is 89.3 Å². The Balaban J connectivity index is 2.66. The summed E-state index contributed by atoms with van der Waals surface area (Å²) >= 11 is 0. The van der Waals surface area contributed by atoms with E-state index in [2.05, 4.69) is 0 Å². The van der Waals surface area contributed by atoms with Crippen LogP contribution in [0.3, 0.4) is 0 Å². The van der Waals surface area contributed by atoms with E-state index in [9.17, 15) is 9.90 Å². The predicted octanol–water partition coefficient (Wildman–Crippen LogP) is 1.65. The Morgan fingerprint density at radius 1 is 1.32 bits per heavy atom. The average molecular weight is 258 g/mol. The minimum Gasteiger partial charge on any atom is -0.481 e. The number of aryl methyl sites for hydroxylation is 1. The number of benzene rings is 1. The molecule has 1 aliphatic carbocycles. The summed E-state index contributed by atoms with van der Waals surface area (Å²) in [4.78, 5) is 11.7. The van der Waals surface area contributed by atoms with Crippen LogP contribution in [0.4, 0.5) is 0 Å². The molecule has 19 heavy (non-hydrogen) atoms. The van der Waals surface area contributed by atoms with Gasteiger partial charge in [0.1, 0.15) is 5.41 Å². The molecule has 5 N–H and O–H groups in total. The van der Waals surface area contributed by atoms with Crippen molar-refractivity contribution in [2.75, 3.05) is 0 Å². The molecule has 0 fully saturated rings. The van der Waals surface area contributed by atoms with Crippen molar-refractivity contribution in [2.24, 2.45) is 16.9 Å². The lowest BCUT2D eigenvalue weighted by molar-refractivity contribution is -0.145. The van der Waals surface area contributed by atoms with Crippen molar-refractivity contribution in [3.8, 4) is 0 Å². The monoisotopic (exact) mass is 258 g/mol. The Morgan fingerprint density at radius 2 is 1.95 bits per heavy atom. The molecule has 1 aromatic carbocycles. The minimum absolute atomic E-state index is 0.391. The van der Waals surface area contributed by atoms with E-state index in [1.807, 2.05) is 31.2 Å². The van der Waals surface area contributed by atoms with Gasteiger partial charge in [-0.2, -0.15) is 0 Å². The van der Waals surface area contributed by atoms with E-state index in [0.717, 1.165) is 11.1 Å². The van der Waals surface area contributed by atoms with E-state index < -0.39 is 17.4 Å². The number of allylic oxidation sites excluding steroid dienone is 2. The van der Waals surface area contributed by atoms with Gasteiger partial charge in [0.25, 0.3) is 0 Å². The number of hydrogen-bond donors (Lipinski definition) is 3. The molecule has 0 spiro atoms. The predicted molar refractivity (Wildman–Crippen MR) is 75.1 cm³/mol. The van der Waals surface area contributed by atoms with Crippen molar-refractivity contribution in [2.45, 2.75) is 19.9 Å². The standard InChI is InChI=1S/C15H18N2O2/c1-9-5-3-4-6-10(9)11-7-8-12(16)13(17)15(11,2)14(18)19/h3-8,13H,16-17H2,1-2H3,(H,18,19). The zero-order valence-corrected chi connectivity index (χ0v) is 11.1. The van der Waals surface area contributed by atoms with Crippen molar-refractivity contribution in [3.05, 3.63) is 53.2 Å². The van der Waals surface area contributed by atoms with Crippen molar-refractivity contribution in [1.82, 2.24) is 0 Å². The summed E-state index contributed by atoms with van der Waals surface area (Å²) in [5.74, 6) is -0.967. The maximum Gasteiger partial charge on any atom is 0.315 e. The summed E-state index contributed by atoms with van der Waals surface area (Å²) in [6.07, 6.45) is 3.45. The summed E-state index contributed by atoms with van der Waals surface area (Å²) in [6.45, 7) is 3.57. The Labute approximate surface area is 112 Å². The number of carboxylic acids is 1. The Kier molecular flexibility index (Phi) is 3.20. The third-order valence-electron chi connectivity index (χ3n) is 3.86. The largest absolute Gasteiger partial charge is 0.481 e. The first kappa shape index (κ1) is 13.4. The normalized spacial score (nSPS) is 26.6. The molecule has 1 aliphatic rings. The van der Waals surface area contributed by atoms with Gasteiger partial charge in [-0.15, -0.1) is 0 Å². The Hall–Kier alpha value is -2.07. The van der Waals surface area contributed by atoms with E-state index >= 15 is 0 Å². The summed E-state index contributed by atoms with van der Waals surface area (Å²) < 4.78 is 0. The van der Waals surface area contributed by atoms with Crippen LogP contribution in [0.1, 0.15) is 18.1 Å². The summed E-state index contributed by atoms with van der Waals surface area (Å²) in [6, 6.07) is 6.93. The molecule has 0 saturated heterocycles. The Morgan fingerprint density at radius 3 is 2.53 bits per heavy atom. The molecule has 2 unspecified atom stereocenters. The van der Waals surface area contributed by atoms with E-state index in [-0.39, 0.29) is 0 Å².